The predicted octanol–water partition coefficient (Wildman–Crippen LogP) is 2.21. The van der Waals surface area contributed by atoms with E-state index in [0.717, 1.165) is 24.0 Å². The standard InChI is InChI=1S/C16H20N6OS/c1-12-20-21-15(22(12)2)11-19-16(17-9-13-5-3-7-23-13)18-10-14-6-4-8-24-14/h3-8H,9-11H2,1-2H3,(H2,17,18,19). The largest absolute Gasteiger partial charge is 0.467 e. The maximum Gasteiger partial charge on any atom is 0.192 e. The van der Waals surface area contributed by atoms with Crippen LogP contribution in [0.1, 0.15) is 22.3 Å². The third-order valence-corrected chi connectivity index (χ3v) is 4.46. The SMILES string of the molecule is Cc1nnc(CN=C(NCc2ccco2)NCc2cccs2)n1C. The van der Waals surface area contributed by atoms with Gasteiger partial charge < -0.3 is 19.6 Å². The monoisotopic (exact) mass is 344 g/mol. The van der Waals surface area contributed by atoms with E-state index in [1.54, 1.807) is 17.6 Å². The highest BCUT2D eigenvalue weighted by Crippen LogP contribution is 2.07. The Hall–Kier alpha value is -2.61. The number of nitrogens with zero attached hydrogens (tertiary/aromatic N) is 4. The van der Waals surface area contributed by atoms with Gasteiger partial charge in [-0.1, -0.05) is 6.07 Å². The van der Waals surface area contributed by atoms with Crippen molar-refractivity contribution in [3.8, 4) is 0 Å². The first-order valence-corrected chi connectivity index (χ1v) is 8.52. The van der Waals surface area contributed by atoms with Crippen LogP contribution in [0.4, 0.5) is 0 Å². The second kappa shape index (κ2) is 7.78. The van der Waals surface area contributed by atoms with Crippen LogP contribution in [0.5, 0.6) is 0 Å². The Bertz CT molecular complexity index is 735. The fourth-order valence-corrected chi connectivity index (χ4v) is 2.73. The van der Waals surface area contributed by atoms with Gasteiger partial charge >= 0.3 is 0 Å². The molecule has 0 aliphatic rings. The number of guanidine groups is 1. The maximum absolute atomic E-state index is 5.35. The summed E-state index contributed by atoms with van der Waals surface area (Å²) < 4.78 is 7.29. The number of thiophene rings is 1. The number of aromatic nitrogens is 3. The zero-order chi connectivity index (χ0) is 16.8. The van der Waals surface area contributed by atoms with Gasteiger partial charge in [-0.25, -0.2) is 4.99 Å². The normalized spacial score (nSPS) is 11.7. The third-order valence-electron chi connectivity index (χ3n) is 3.58. The Kier molecular flexibility index (Phi) is 5.27. The van der Waals surface area contributed by atoms with Gasteiger partial charge in [0.05, 0.1) is 19.4 Å². The highest BCUT2D eigenvalue weighted by molar-refractivity contribution is 7.09. The summed E-state index contributed by atoms with van der Waals surface area (Å²) >= 11 is 1.71. The molecule has 2 N–H and O–H groups in total. The lowest BCUT2D eigenvalue weighted by molar-refractivity contribution is 0.501. The van der Waals surface area contributed by atoms with Crippen LogP contribution in [-0.4, -0.2) is 20.7 Å². The van der Waals surface area contributed by atoms with E-state index in [-0.39, 0.29) is 0 Å². The summed E-state index contributed by atoms with van der Waals surface area (Å²) in [5.74, 6) is 3.26. The molecule has 3 heterocycles. The first-order chi connectivity index (χ1) is 11.7. The van der Waals surface area contributed by atoms with Crippen LogP contribution in [0.2, 0.25) is 0 Å². The molecule has 0 fully saturated rings. The number of hydrogen-bond acceptors (Lipinski definition) is 5. The summed E-state index contributed by atoms with van der Waals surface area (Å²) in [6.07, 6.45) is 1.66. The molecule has 0 aliphatic carbocycles. The van der Waals surface area contributed by atoms with Crippen molar-refractivity contribution in [3.63, 3.8) is 0 Å². The van der Waals surface area contributed by atoms with Crippen LogP contribution < -0.4 is 10.6 Å². The van der Waals surface area contributed by atoms with E-state index in [9.17, 15) is 0 Å². The molecular formula is C16H20N6OS. The minimum atomic E-state index is 0.454. The number of aliphatic imine (C=N–C) groups is 1. The van der Waals surface area contributed by atoms with Crippen molar-refractivity contribution in [1.29, 1.82) is 0 Å². The van der Waals surface area contributed by atoms with Crippen molar-refractivity contribution < 1.29 is 4.42 Å². The quantitative estimate of drug-likeness (QED) is 0.529. The number of nitrogens with one attached hydrogen (secondary N) is 2. The highest BCUT2D eigenvalue weighted by Gasteiger charge is 2.06. The summed E-state index contributed by atoms with van der Waals surface area (Å²) in [6.45, 7) is 3.67. The minimum absolute atomic E-state index is 0.454. The van der Waals surface area contributed by atoms with Crippen LogP contribution in [0.15, 0.2) is 45.3 Å². The second-order valence-electron chi connectivity index (χ2n) is 5.25. The molecule has 0 aromatic carbocycles. The summed E-state index contributed by atoms with van der Waals surface area (Å²) in [5.41, 5.74) is 0. The Balaban J connectivity index is 1.65. The van der Waals surface area contributed by atoms with Crippen LogP contribution in [0.25, 0.3) is 0 Å². The second-order valence-corrected chi connectivity index (χ2v) is 6.29. The van der Waals surface area contributed by atoms with Crippen LogP contribution in [-0.2, 0) is 26.7 Å². The fraction of sp³-hybridized carbons (Fsp3) is 0.312. The minimum Gasteiger partial charge on any atom is -0.467 e. The molecule has 0 saturated carbocycles. The van der Waals surface area contributed by atoms with Crippen LogP contribution >= 0.6 is 11.3 Å². The Labute approximate surface area is 144 Å². The third kappa shape index (κ3) is 4.23. The van der Waals surface area contributed by atoms with Crippen LogP contribution in [0.3, 0.4) is 0 Å². The molecule has 0 atom stereocenters. The highest BCUT2D eigenvalue weighted by atomic mass is 32.1. The van der Waals surface area contributed by atoms with Crippen molar-refractivity contribution in [2.75, 3.05) is 0 Å². The van der Waals surface area contributed by atoms with E-state index in [1.165, 1.54) is 4.88 Å². The Morgan fingerprint density at radius 1 is 1.25 bits per heavy atom. The zero-order valence-corrected chi connectivity index (χ0v) is 14.5. The Morgan fingerprint density at radius 2 is 2.12 bits per heavy atom. The molecule has 0 unspecified atom stereocenters. The van der Waals surface area contributed by atoms with Crippen molar-refractivity contribution in [1.82, 2.24) is 25.4 Å². The molecule has 0 bridgehead atoms. The van der Waals surface area contributed by atoms with Gasteiger partial charge in [-0.05, 0) is 30.5 Å². The lowest BCUT2D eigenvalue weighted by Crippen LogP contribution is -2.36. The molecule has 8 heteroatoms. The molecule has 0 saturated heterocycles. The lowest BCUT2D eigenvalue weighted by atomic mass is 10.4. The van der Waals surface area contributed by atoms with Gasteiger partial charge in [-0.2, -0.15) is 0 Å². The Morgan fingerprint density at radius 3 is 2.79 bits per heavy atom. The molecule has 3 aromatic rings. The first-order valence-electron chi connectivity index (χ1n) is 7.64. The van der Waals surface area contributed by atoms with Crippen molar-refractivity contribution >= 4 is 17.3 Å². The average Bonchev–Trinajstić information content (AvgIpc) is 3.33. The molecule has 126 valence electrons. The number of rotatable bonds is 6. The molecule has 0 radical (unpaired) electrons. The lowest BCUT2D eigenvalue weighted by Gasteiger charge is -2.11. The van der Waals surface area contributed by atoms with E-state index in [1.807, 2.05) is 36.7 Å². The van der Waals surface area contributed by atoms with E-state index >= 15 is 0 Å². The number of aryl methyl sites for hydroxylation is 1. The molecule has 0 aliphatic heterocycles. The van der Waals surface area contributed by atoms with Crippen molar-refractivity contribution in [2.24, 2.45) is 12.0 Å². The predicted molar refractivity (Wildman–Crippen MR) is 93.6 cm³/mol. The molecule has 3 aromatic heterocycles. The van der Waals surface area contributed by atoms with Crippen molar-refractivity contribution in [2.45, 2.75) is 26.6 Å². The van der Waals surface area contributed by atoms with Gasteiger partial charge in [0.2, 0.25) is 0 Å². The van der Waals surface area contributed by atoms with Crippen LogP contribution in [0, 0.1) is 6.92 Å². The molecular weight excluding hydrogens is 324 g/mol. The van der Waals surface area contributed by atoms with Gasteiger partial charge in [0.25, 0.3) is 0 Å². The van der Waals surface area contributed by atoms with Crippen molar-refractivity contribution in [3.05, 3.63) is 58.2 Å². The van der Waals surface area contributed by atoms with Gasteiger partial charge in [0.1, 0.15) is 18.1 Å². The topological polar surface area (TPSA) is 80.3 Å². The number of furan rings is 1. The summed E-state index contributed by atoms with van der Waals surface area (Å²) in [6, 6.07) is 7.93. The van der Waals surface area contributed by atoms with Gasteiger partial charge in [0.15, 0.2) is 11.8 Å². The molecule has 3 rings (SSSR count). The molecule has 0 amide bonds. The fourth-order valence-electron chi connectivity index (χ4n) is 2.08. The zero-order valence-electron chi connectivity index (χ0n) is 13.7. The smallest absolute Gasteiger partial charge is 0.192 e. The first kappa shape index (κ1) is 16.3. The maximum atomic E-state index is 5.35. The molecule has 7 nitrogen and oxygen atoms in total. The van der Waals surface area contributed by atoms with Gasteiger partial charge in [-0.15, -0.1) is 21.5 Å². The van der Waals surface area contributed by atoms with E-state index < -0.39 is 0 Å². The average molecular weight is 344 g/mol. The summed E-state index contributed by atoms with van der Waals surface area (Å²) in [4.78, 5) is 5.85. The van der Waals surface area contributed by atoms with E-state index in [0.29, 0.717) is 19.0 Å². The van der Waals surface area contributed by atoms with Gasteiger partial charge in [0, 0.05) is 11.9 Å². The summed E-state index contributed by atoms with van der Waals surface area (Å²) in [7, 11) is 1.94. The van der Waals surface area contributed by atoms with E-state index in [4.69, 9.17) is 4.42 Å². The van der Waals surface area contributed by atoms with E-state index in [2.05, 4.69) is 37.3 Å². The van der Waals surface area contributed by atoms with Gasteiger partial charge in [-0.3, -0.25) is 0 Å². The molecule has 0 spiro atoms. The molecule has 24 heavy (non-hydrogen) atoms. The number of hydrogen-bond donors (Lipinski definition) is 2. The summed E-state index contributed by atoms with van der Waals surface area (Å²) in [5, 5.41) is 16.9.